The monoisotopic (exact) mass is 412 g/mol. The normalized spacial score (nSPS) is 16.5. The van der Waals surface area contributed by atoms with Crippen LogP contribution in [0.1, 0.15) is 33.1 Å². The van der Waals surface area contributed by atoms with Crippen LogP contribution in [-0.2, 0) is 24.3 Å². The van der Waals surface area contributed by atoms with E-state index in [1.165, 1.54) is 31.4 Å². The fraction of sp³-hybridized carbons (Fsp3) is 0.579. The zero-order valence-electron chi connectivity index (χ0n) is 16.5. The number of hydrogen-bond acceptors (Lipinski definition) is 6. The Hall–Kier alpha value is -2.13. The molecule has 1 N–H and O–H groups in total. The number of amides is 1. The topological polar surface area (TPSA) is 102 Å². The van der Waals surface area contributed by atoms with Gasteiger partial charge in [0.15, 0.2) is 6.10 Å². The van der Waals surface area contributed by atoms with Gasteiger partial charge in [0, 0.05) is 19.6 Å². The predicted molar refractivity (Wildman–Crippen MR) is 103 cm³/mol. The molecule has 1 aromatic carbocycles. The number of carbonyl (C=O) groups excluding carboxylic acids is 2. The van der Waals surface area contributed by atoms with Crippen molar-refractivity contribution in [3.8, 4) is 5.75 Å². The third kappa shape index (κ3) is 6.20. The van der Waals surface area contributed by atoms with E-state index in [2.05, 4.69) is 11.6 Å². The fourth-order valence-corrected chi connectivity index (χ4v) is 3.95. The number of sulfonamides is 1. The maximum absolute atomic E-state index is 12.3. The molecule has 0 aliphatic carbocycles. The first kappa shape index (κ1) is 22.2. The first-order valence-corrected chi connectivity index (χ1v) is 10.8. The minimum atomic E-state index is -3.74. The number of rotatable bonds is 8. The average molecular weight is 413 g/mol. The highest BCUT2D eigenvalue weighted by atomic mass is 32.2. The Labute approximate surface area is 166 Å². The van der Waals surface area contributed by atoms with E-state index in [1.807, 2.05) is 0 Å². The van der Waals surface area contributed by atoms with Gasteiger partial charge in [-0.05, 0) is 49.9 Å². The molecule has 2 rings (SSSR count). The smallest absolute Gasteiger partial charge is 0.307 e. The van der Waals surface area contributed by atoms with E-state index in [-0.39, 0.29) is 23.8 Å². The average Bonchev–Trinajstić information content (AvgIpc) is 2.67. The summed E-state index contributed by atoms with van der Waals surface area (Å²) in [7, 11) is -2.25. The van der Waals surface area contributed by atoms with Gasteiger partial charge >= 0.3 is 5.97 Å². The molecule has 9 heteroatoms. The van der Waals surface area contributed by atoms with Crippen molar-refractivity contribution in [2.45, 2.75) is 44.1 Å². The molecule has 156 valence electrons. The molecular formula is C19H28N2O6S. The maximum Gasteiger partial charge on any atom is 0.307 e. The molecule has 1 aliphatic rings. The van der Waals surface area contributed by atoms with Crippen molar-refractivity contribution >= 4 is 21.9 Å². The Balaban J connectivity index is 1.77. The molecule has 8 nitrogen and oxygen atoms in total. The van der Waals surface area contributed by atoms with Crippen LogP contribution in [0.2, 0.25) is 0 Å². The largest absolute Gasteiger partial charge is 0.497 e. The van der Waals surface area contributed by atoms with E-state index in [0.717, 1.165) is 12.8 Å². The summed E-state index contributed by atoms with van der Waals surface area (Å²) in [5.74, 6) is 0.313. The molecular weight excluding hydrogens is 384 g/mol. The van der Waals surface area contributed by atoms with Crippen molar-refractivity contribution in [1.82, 2.24) is 9.62 Å². The molecule has 1 heterocycles. The number of esters is 1. The third-order valence-electron chi connectivity index (χ3n) is 4.74. The van der Waals surface area contributed by atoms with Crippen molar-refractivity contribution in [3.63, 3.8) is 0 Å². The molecule has 1 aliphatic heterocycles. The predicted octanol–water partition coefficient (Wildman–Crippen LogP) is 1.55. The quantitative estimate of drug-likeness (QED) is 0.650. The molecule has 1 atom stereocenters. The summed E-state index contributed by atoms with van der Waals surface area (Å²) < 4.78 is 36.9. The Morgan fingerprint density at radius 2 is 1.82 bits per heavy atom. The lowest BCUT2D eigenvalue weighted by atomic mass is 9.99. The van der Waals surface area contributed by atoms with Gasteiger partial charge in [-0.15, -0.1) is 0 Å². The first-order chi connectivity index (χ1) is 13.2. The minimum Gasteiger partial charge on any atom is -0.497 e. The number of benzene rings is 1. The first-order valence-electron chi connectivity index (χ1n) is 9.35. The molecule has 0 saturated carbocycles. The zero-order chi connectivity index (χ0) is 20.7. The molecule has 0 bridgehead atoms. The molecule has 0 radical (unpaired) electrons. The van der Waals surface area contributed by atoms with Crippen LogP contribution in [0, 0.1) is 5.92 Å². The van der Waals surface area contributed by atoms with Crippen LogP contribution < -0.4 is 9.46 Å². The van der Waals surface area contributed by atoms with Gasteiger partial charge in [0.25, 0.3) is 5.91 Å². The van der Waals surface area contributed by atoms with Gasteiger partial charge in [-0.25, -0.2) is 13.1 Å². The molecule has 1 saturated heterocycles. The molecule has 1 aromatic rings. The van der Waals surface area contributed by atoms with Gasteiger partial charge in [-0.2, -0.15) is 0 Å². The lowest BCUT2D eigenvalue weighted by Crippen LogP contribution is -2.44. The van der Waals surface area contributed by atoms with E-state index < -0.39 is 22.1 Å². The maximum atomic E-state index is 12.3. The number of carbonyl (C=O) groups is 2. The van der Waals surface area contributed by atoms with Gasteiger partial charge in [0.1, 0.15) is 5.75 Å². The Bertz CT molecular complexity index is 770. The van der Waals surface area contributed by atoms with Gasteiger partial charge in [0.2, 0.25) is 10.0 Å². The van der Waals surface area contributed by atoms with Crippen molar-refractivity contribution in [2.24, 2.45) is 5.92 Å². The Morgan fingerprint density at radius 3 is 2.39 bits per heavy atom. The van der Waals surface area contributed by atoms with E-state index in [0.29, 0.717) is 24.8 Å². The molecule has 28 heavy (non-hydrogen) atoms. The number of nitrogens with one attached hydrogen (secondary N) is 1. The number of nitrogens with zero attached hydrogens (tertiary/aromatic N) is 1. The number of ether oxygens (including phenoxy) is 2. The highest BCUT2D eigenvalue weighted by Crippen LogP contribution is 2.17. The van der Waals surface area contributed by atoms with E-state index in [1.54, 1.807) is 11.8 Å². The SMILES string of the molecule is COc1ccc(S(=O)(=O)NCCC(=O)O[C@H](C)C(=O)N2CCC(C)CC2)cc1. The van der Waals surface area contributed by atoms with Gasteiger partial charge in [0.05, 0.1) is 18.4 Å². The summed E-state index contributed by atoms with van der Waals surface area (Å²) in [5.41, 5.74) is 0. The standard InChI is InChI=1S/C19H28N2O6S/c1-14-9-12-21(13-10-14)19(23)15(2)27-18(22)8-11-20-28(24,25)17-6-4-16(26-3)5-7-17/h4-7,14-15,20H,8-13H2,1-3H3/t15-/m1/s1. The van der Waals surface area contributed by atoms with Gasteiger partial charge < -0.3 is 14.4 Å². The molecule has 0 spiro atoms. The highest BCUT2D eigenvalue weighted by molar-refractivity contribution is 7.89. The van der Waals surface area contributed by atoms with Crippen molar-refractivity contribution in [2.75, 3.05) is 26.7 Å². The van der Waals surface area contributed by atoms with Crippen LogP contribution in [0.5, 0.6) is 5.75 Å². The molecule has 1 fully saturated rings. The van der Waals surface area contributed by atoms with E-state index in [4.69, 9.17) is 9.47 Å². The third-order valence-corrected chi connectivity index (χ3v) is 6.22. The molecule has 1 amide bonds. The van der Waals surface area contributed by atoms with Gasteiger partial charge in [-0.3, -0.25) is 9.59 Å². The summed E-state index contributed by atoms with van der Waals surface area (Å²) in [6.45, 7) is 4.92. The Morgan fingerprint density at radius 1 is 1.21 bits per heavy atom. The molecule has 0 aromatic heterocycles. The second-order valence-electron chi connectivity index (χ2n) is 6.96. The lowest BCUT2D eigenvalue weighted by molar-refractivity contribution is -0.159. The summed E-state index contributed by atoms with van der Waals surface area (Å²) in [4.78, 5) is 26.1. The zero-order valence-corrected chi connectivity index (χ0v) is 17.3. The van der Waals surface area contributed by atoms with Crippen LogP contribution in [0.4, 0.5) is 0 Å². The molecule has 0 unspecified atom stereocenters. The van der Waals surface area contributed by atoms with Crippen molar-refractivity contribution < 1.29 is 27.5 Å². The number of likely N-dealkylation sites (tertiary alicyclic amines) is 1. The summed E-state index contributed by atoms with van der Waals surface area (Å²) >= 11 is 0. The summed E-state index contributed by atoms with van der Waals surface area (Å²) in [6.07, 6.45) is 0.849. The summed E-state index contributed by atoms with van der Waals surface area (Å²) in [6, 6.07) is 5.91. The van der Waals surface area contributed by atoms with Crippen LogP contribution in [0.3, 0.4) is 0 Å². The Kier molecular flexibility index (Phi) is 7.82. The second kappa shape index (κ2) is 9.88. The fourth-order valence-electron chi connectivity index (χ4n) is 2.92. The van der Waals surface area contributed by atoms with Crippen LogP contribution in [-0.4, -0.2) is 58.0 Å². The number of hydrogen-bond donors (Lipinski definition) is 1. The lowest BCUT2D eigenvalue weighted by Gasteiger charge is -2.31. The van der Waals surface area contributed by atoms with E-state index in [9.17, 15) is 18.0 Å². The highest BCUT2D eigenvalue weighted by Gasteiger charge is 2.26. The van der Waals surface area contributed by atoms with Crippen molar-refractivity contribution in [3.05, 3.63) is 24.3 Å². The van der Waals surface area contributed by atoms with E-state index >= 15 is 0 Å². The number of methoxy groups -OCH3 is 1. The van der Waals surface area contributed by atoms with Crippen LogP contribution in [0.25, 0.3) is 0 Å². The van der Waals surface area contributed by atoms with Gasteiger partial charge in [-0.1, -0.05) is 6.92 Å². The number of piperidine rings is 1. The van der Waals surface area contributed by atoms with Crippen LogP contribution >= 0.6 is 0 Å². The summed E-state index contributed by atoms with van der Waals surface area (Å²) in [5, 5.41) is 0. The minimum absolute atomic E-state index is 0.0736. The van der Waals surface area contributed by atoms with Crippen molar-refractivity contribution in [1.29, 1.82) is 0 Å². The second-order valence-corrected chi connectivity index (χ2v) is 8.73. The van der Waals surface area contributed by atoms with Crippen LogP contribution in [0.15, 0.2) is 29.2 Å².